The van der Waals surface area contributed by atoms with Gasteiger partial charge in [-0.1, -0.05) is 6.07 Å². The number of alkyl halides is 3. The number of rotatable bonds is 8. The van der Waals surface area contributed by atoms with Gasteiger partial charge in [-0.25, -0.2) is 4.79 Å². The van der Waals surface area contributed by atoms with Crippen molar-refractivity contribution in [2.24, 2.45) is 5.92 Å². The fourth-order valence-corrected chi connectivity index (χ4v) is 2.89. The number of halogens is 3. The normalized spacial score (nSPS) is 11.0. The van der Waals surface area contributed by atoms with Gasteiger partial charge in [-0.3, -0.25) is 14.9 Å². The molecule has 1 N–H and O–H groups in total. The third-order valence-electron chi connectivity index (χ3n) is 4.57. The number of ether oxygens (including phenoxy) is 4. The van der Waals surface area contributed by atoms with E-state index in [0.717, 1.165) is 38.5 Å². The van der Waals surface area contributed by atoms with E-state index in [0.29, 0.717) is 16.9 Å². The molecule has 0 unspecified atom stereocenters. The summed E-state index contributed by atoms with van der Waals surface area (Å²) in [4.78, 5) is 35.9. The van der Waals surface area contributed by atoms with Crippen molar-refractivity contribution in [3.8, 4) is 5.75 Å². The summed E-state index contributed by atoms with van der Waals surface area (Å²) in [6.45, 7) is -0.245. The topological polar surface area (TPSA) is 100 Å². The number of carbonyl (C=O) groups is 3. The molecule has 178 valence electrons. The van der Waals surface area contributed by atoms with Crippen molar-refractivity contribution in [3.63, 3.8) is 0 Å². The second kappa shape index (κ2) is 11.2. The highest BCUT2D eigenvalue weighted by atomic mass is 19.4. The highest BCUT2D eigenvalue weighted by Crippen LogP contribution is 2.30. The monoisotopic (exact) mass is 469 g/mol. The summed E-state index contributed by atoms with van der Waals surface area (Å²) in [5.74, 6) is -2.31. The van der Waals surface area contributed by atoms with Crippen molar-refractivity contribution in [2.75, 3.05) is 26.6 Å². The molecule has 11 heteroatoms. The molecule has 8 nitrogen and oxygen atoms in total. The molecule has 0 aliphatic heterocycles. The van der Waals surface area contributed by atoms with E-state index in [1.807, 2.05) is 0 Å². The minimum Gasteiger partial charge on any atom is -0.496 e. The molecule has 0 bridgehead atoms. The number of esters is 2. The molecular formula is C22H22F3NO7. The smallest absolute Gasteiger partial charge is 0.416 e. The van der Waals surface area contributed by atoms with Crippen LogP contribution in [0.15, 0.2) is 42.5 Å². The number of nitrogens with one attached hydrogen (secondary N) is 1. The Morgan fingerprint density at radius 1 is 0.939 bits per heavy atom. The zero-order valence-corrected chi connectivity index (χ0v) is 18.0. The van der Waals surface area contributed by atoms with Gasteiger partial charge in [0.15, 0.2) is 5.92 Å². The number of hydrogen-bond donors (Lipinski definition) is 1. The Morgan fingerprint density at radius 2 is 1.55 bits per heavy atom. The molecule has 0 fully saturated rings. The molecule has 2 aromatic carbocycles. The predicted molar refractivity (Wildman–Crippen MR) is 109 cm³/mol. The number of methoxy groups -OCH3 is 3. The van der Waals surface area contributed by atoms with E-state index in [9.17, 15) is 27.6 Å². The second-order valence-corrected chi connectivity index (χ2v) is 6.73. The zero-order chi connectivity index (χ0) is 24.6. The van der Waals surface area contributed by atoms with Gasteiger partial charge < -0.3 is 18.9 Å². The quantitative estimate of drug-likeness (QED) is 0.355. The Labute approximate surface area is 187 Å². The number of hydrogen-bond acceptors (Lipinski definition) is 7. The van der Waals surface area contributed by atoms with Gasteiger partial charge in [0.2, 0.25) is 0 Å². The van der Waals surface area contributed by atoms with E-state index in [4.69, 9.17) is 9.47 Å². The lowest BCUT2D eigenvalue weighted by Gasteiger charge is -2.15. The summed E-state index contributed by atoms with van der Waals surface area (Å²) >= 11 is 0. The molecule has 0 spiro atoms. The highest BCUT2D eigenvalue weighted by Gasteiger charge is 2.30. The minimum atomic E-state index is -4.48. The zero-order valence-electron chi connectivity index (χ0n) is 18.0. The van der Waals surface area contributed by atoms with Crippen molar-refractivity contribution in [3.05, 3.63) is 59.2 Å². The van der Waals surface area contributed by atoms with Crippen LogP contribution in [-0.4, -0.2) is 39.4 Å². The summed E-state index contributed by atoms with van der Waals surface area (Å²) < 4.78 is 57.5. The molecule has 0 saturated heterocycles. The maximum absolute atomic E-state index is 12.6. The van der Waals surface area contributed by atoms with Crippen LogP contribution in [-0.2, 0) is 43.0 Å². The lowest BCUT2D eigenvalue weighted by atomic mass is 9.97. The molecule has 0 aromatic heterocycles. The number of carbonyl (C=O) groups excluding carboxylic acids is 3. The Hall–Kier alpha value is -3.76. The van der Waals surface area contributed by atoms with Crippen molar-refractivity contribution in [2.45, 2.75) is 19.2 Å². The van der Waals surface area contributed by atoms with Gasteiger partial charge >= 0.3 is 24.2 Å². The third kappa shape index (κ3) is 7.13. The van der Waals surface area contributed by atoms with Crippen LogP contribution in [0.3, 0.4) is 0 Å². The number of amides is 1. The Morgan fingerprint density at radius 3 is 2.06 bits per heavy atom. The first kappa shape index (κ1) is 25.5. The van der Waals surface area contributed by atoms with E-state index in [-0.39, 0.29) is 18.7 Å². The van der Waals surface area contributed by atoms with Crippen LogP contribution in [0.25, 0.3) is 0 Å². The van der Waals surface area contributed by atoms with Crippen LogP contribution < -0.4 is 10.1 Å². The molecule has 0 aliphatic carbocycles. The van der Waals surface area contributed by atoms with Crippen molar-refractivity contribution in [1.82, 2.24) is 0 Å². The van der Waals surface area contributed by atoms with Crippen molar-refractivity contribution < 1.29 is 46.5 Å². The molecule has 0 saturated carbocycles. The van der Waals surface area contributed by atoms with Gasteiger partial charge in [-0.05, 0) is 48.4 Å². The first-order chi connectivity index (χ1) is 15.6. The average molecular weight is 469 g/mol. The maximum atomic E-state index is 12.6. The van der Waals surface area contributed by atoms with E-state index in [1.54, 1.807) is 18.2 Å². The minimum absolute atomic E-state index is 0.0198. The SMILES string of the molecule is COC(=O)C(Cc1ccc(OC)c(COC(=O)Nc2ccc(C(F)(F)F)cc2)c1)C(=O)OC. The standard InChI is InChI=1S/C22H22F3NO7/c1-30-18-9-4-13(11-17(19(27)31-2)20(28)32-3)10-14(18)12-33-21(29)26-16-7-5-15(6-8-16)22(23,24)25/h4-10,17H,11-12H2,1-3H3,(H,26,29). The summed E-state index contributed by atoms with van der Waals surface area (Å²) in [6.07, 6.45) is -5.40. The summed E-state index contributed by atoms with van der Waals surface area (Å²) in [6, 6.07) is 8.67. The van der Waals surface area contributed by atoms with Crippen LogP contribution in [0.4, 0.5) is 23.7 Å². The lowest BCUT2D eigenvalue weighted by Crippen LogP contribution is -2.28. The highest BCUT2D eigenvalue weighted by molar-refractivity contribution is 5.95. The van der Waals surface area contributed by atoms with Gasteiger partial charge in [-0.15, -0.1) is 0 Å². The van der Waals surface area contributed by atoms with E-state index >= 15 is 0 Å². The van der Waals surface area contributed by atoms with Crippen LogP contribution in [0.5, 0.6) is 5.75 Å². The van der Waals surface area contributed by atoms with Crippen LogP contribution in [0.2, 0.25) is 0 Å². The summed E-state index contributed by atoms with van der Waals surface area (Å²) in [5.41, 5.74) is 0.261. The fraction of sp³-hybridized carbons (Fsp3) is 0.318. The van der Waals surface area contributed by atoms with Gasteiger partial charge in [0.25, 0.3) is 0 Å². The molecule has 33 heavy (non-hydrogen) atoms. The number of benzene rings is 2. The average Bonchev–Trinajstić information content (AvgIpc) is 2.80. The van der Waals surface area contributed by atoms with Crippen molar-refractivity contribution in [1.29, 1.82) is 0 Å². The van der Waals surface area contributed by atoms with Gasteiger partial charge in [0.05, 0.1) is 26.9 Å². The molecule has 0 radical (unpaired) electrons. The molecule has 2 rings (SSSR count). The van der Waals surface area contributed by atoms with E-state index in [2.05, 4.69) is 14.8 Å². The van der Waals surface area contributed by atoms with Gasteiger partial charge in [0, 0.05) is 11.3 Å². The lowest BCUT2D eigenvalue weighted by molar-refractivity contribution is -0.158. The van der Waals surface area contributed by atoms with Gasteiger partial charge in [0.1, 0.15) is 12.4 Å². The van der Waals surface area contributed by atoms with E-state index < -0.39 is 35.7 Å². The largest absolute Gasteiger partial charge is 0.496 e. The molecule has 2 aromatic rings. The third-order valence-corrected chi connectivity index (χ3v) is 4.57. The Kier molecular flexibility index (Phi) is 8.66. The van der Waals surface area contributed by atoms with Crippen LogP contribution >= 0.6 is 0 Å². The Bertz CT molecular complexity index is 974. The number of anilines is 1. The maximum Gasteiger partial charge on any atom is 0.416 e. The molecule has 0 heterocycles. The second-order valence-electron chi connectivity index (χ2n) is 6.73. The Balaban J connectivity index is 2.08. The molecular weight excluding hydrogens is 447 g/mol. The molecule has 1 amide bonds. The molecule has 0 atom stereocenters. The fourth-order valence-electron chi connectivity index (χ4n) is 2.89. The van der Waals surface area contributed by atoms with Crippen LogP contribution in [0.1, 0.15) is 16.7 Å². The van der Waals surface area contributed by atoms with Gasteiger partial charge in [-0.2, -0.15) is 13.2 Å². The van der Waals surface area contributed by atoms with Crippen LogP contribution in [0, 0.1) is 5.92 Å². The first-order valence-electron chi connectivity index (χ1n) is 9.51. The van der Waals surface area contributed by atoms with E-state index in [1.165, 1.54) is 7.11 Å². The van der Waals surface area contributed by atoms with Crippen molar-refractivity contribution >= 4 is 23.7 Å². The predicted octanol–water partition coefficient (Wildman–Crippen LogP) is 3.97. The molecule has 0 aliphatic rings. The summed E-state index contributed by atoms with van der Waals surface area (Å²) in [7, 11) is 3.72. The summed E-state index contributed by atoms with van der Waals surface area (Å²) in [5, 5.41) is 2.33. The first-order valence-corrected chi connectivity index (χ1v) is 9.51.